The molecule has 1 aliphatic heterocycles. The van der Waals surface area contributed by atoms with E-state index in [2.05, 4.69) is 11.8 Å². The van der Waals surface area contributed by atoms with Crippen LogP contribution in [0.3, 0.4) is 0 Å². The zero-order chi connectivity index (χ0) is 14.9. The van der Waals surface area contributed by atoms with Gasteiger partial charge < -0.3 is 10.6 Å². The standard InChI is InChI=1S/C13H28N2.2C2H6/c1-13-7-11-15(12-8-13)10-6-4-2-3-5-9-14;2*1-2/h13H,2-12,14H2,1H3;2*1-2H3. The zero-order valence-corrected chi connectivity index (χ0v) is 14.4. The van der Waals surface area contributed by atoms with Crippen LogP contribution in [0.2, 0.25) is 0 Å². The van der Waals surface area contributed by atoms with Gasteiger partial charge in [0.15, 0.2) is 0 Å². The Morgan fingerprint density at radius 2 is 1.32 bits per heavy atom. The molecular formula is C17H40N2. The Morgan fingerprint density at radius 3 is 1.84 bits per heavy atom. The van der Waals surface area contributed by atoms with Gasteiger partial charge in [-0.3, -0.25) is 0 Å². The third kappa shape index (κ3) is 14.1. The summed E-state index contributed by atoms with van der Waals surface area (Å²) in [4.78, 5) is 2.64. The molecular weight excluding hydrogens is 232 g/mol. The lowest BCUT2D eigenvalue weighted by molar-refractivity contribution is 0.189. The van der Waals surface area contributed by atoms with Crippen molar-refractivity contribution in [2.75, 3.05) is 26.2 Å². The van der Waals surface area contributed by atoms with Gasteiger partial charge in [-0.15, -0.1) is 0 Å². The number of hydrogen-bond donors (Lipinski definition) is 1. The minimum atomic E-state index is 0.865. The van der Waals surface area contributed by atoms with Crippen molar-refractivity contribution in [2.45, 2.75) is 79.6 Å². The minimum absolute atomic E-state index is 0.865. The van der Waals surface area contributed by atoms with Gasteiger partial charge in [-0.2, -0.15) is 0 Å². The molecule has 0 unspecified atom stereocenters. The van der Waals surface area contributed by atoms with Crippen molar-refractivity contribution in [2.24, 2.45) is 11.7 Å². The lowest BCUT2D eigenvalue weighted by Gasteiger charge is -2.30. The van der Waals surface area contributed by atoms with Crippen LogP contribution in [-0.4, -0.2) is 31.1 Å². The number of rotatable bonds is 7. The first-order valence-corrected chi connectivity index (χ1v) is 8.75. The molecule has 0 atom stereocenters. The monoisotopic (exact) mass is 272 g/mol. The van der Waals surface area contributed by atoms with Gasteiger partial charge in [0, 0.05) is 0 Å². The number of piperidine rings is 1. The van der Waals surface area contributed by atoms with Crippen molar-refractivity contribution in [3.63, 3.8) is 0 Å². The molecule has 0 spiro atoms. The summed E-state index contributed by atoms with van der Waals surface area (Å²) in [6.45, 7) is 15.2. The van der Waals surface area contributed by atoms with Crippen molar-refractivity contribution in [1.82, 2.24) is 4.90 Å². The lowest BCUT2D eigenvalue weighted by Crippen LogP contribution is -2.33. The highest BCUT2D eigenvalue weighted by atomic mass is 15.1. The van der Waals surface area contributed by atoms with Gasteiger partial charge in [-0.25, -0.2) is 0 Å². The molecule has 2 N–H and O–H groups in total. The molecule has 0 saturated carbocycles. The first-order valence-electron chi connectivity index (χ1n) is 8.75. The number of likely N-dealkylation sites (tertiary alicyclic amines) is 1. The van der Waals surface area contributed by atoms with E-state index in [4.69, 9.17) is 5.73 Å². The predicted molar refractivity (Wildman–Crippen MR) is 89.7 cm³/mol. The molecule has 0 aromatic heterocycles. The summed E-state index contributed by atoms with van der Waals surface area (Å²) in [5.41, 5.74) is 5.46. The van der Waals surface area contributed by atoms with Crippen LogP contribution in [-0.2, 0) is 0 Å². The average molecular weight is 273 g/mol. The van der Waals surface area contributed by atoms with Crippen LogP contribution in [0, 0.1) is 5.92 Å². The fourth-order valence-corrected chi connectivity index (χ4v) is 2.30. The molecule has 1 rings (SSSR count). The number of nitrogens with two attached hydrogens (primary N) is 1. The summed E-state index contributed by atoms with van der Waals surface area (Å²) in [5.74, 6) is 0.964. The average Bonchev–Trinajstić information content (AvgIpc) is 2.49. The molecule has 0 aromatic carbocycles. The molecule has 0 aromatic rings. The molecule has 1 aliphatic rings. The van der Waals surface area contributed by atoms with Gasteiger partial charge >= 0.3 is 0 Å². The summed E-state index contributed by atoms with van der Waals surface area (Å²) in [7, 11) is 0. The maximum Gasteiger partial charge on any atom is -0.00162 e. The molecule has 19 heavy (non-hydrogen) atoms. The van der Waals surface area contributed by atoms with E-state index in [-0.39, 0.29) is 0 Å². The molecule has 1 heterocycles. The van der Waals surface area contributed by atoms with E-state index in [9.17, 15) is 0 Å². The minimum Gasteiger partial charge on any atom is -0.330 e. The molecule has 0 radical (unpaired) electrons. The molecule has 0 amide bonds. The molecule has 2 heteroatoms. The van der Waals surface area contributed by atoms with E-state index in [1.54, 1.807) is 0 Å². The molecule has 0 bridgehead atoms. The first-order chi connectivity index (χ1) is 9.33. The highest BCUT2D eigenvalue weighted by Gasteiger charge is 2.14. The zero-order valence-electron chi connectivity index (χ0n) is 14.4. The van der Waals surface area contributed by atoms with E-state index in [0.717, 1.165) is 12.5 Å². The number of unbranched alkanes of at least 4 members (excludes halogenated alkanes) is 4. The van der Waals surface area contributed by atoms with Gasteiger partial charge in [0.2, 0.25) is 0 Å². The lowest BCUT2D eigenvalue weighted by atomic mass is 9.99. The molecule has 118 valence electrons. The van der Waals surface area contributed by atoms with Crippen LogP contribution >= 0.6 is 0 Å². The van der Waals surface area contributed by atoms with Crippen molar-refractivity contribution in [1.29, 1.82) is 0 Å². The number of hydrogen-bond acceptors (Lipinski definition) is 2. The fourth-order valence-electron chi connectivity index (χ4n) is 2.30. The van der Waals surface area contributed by atoms with Crippen molar-refractivity contribution < 1.29 is 0 Å². The van der Waals surface area contributed by atoms with Crippen molar-refractivity contribution in [3.05, 3.63) is 0 Å². The highest BCUT2D eigenvalue weighted by molar-refractivity contribution is 4.69. The Balaban J connectivity index is 0. The van der Waals surface area contributed by atoms with Crippen LogP contribution < -0.4 is 5.73 Å². The van der Waals surface area contributed by atoms with Gasteiger partial charge in [0.25, 0.3) is 0 Å². The van der Waals surface area contributed by atoms with Crippen LogP contribution in [0.4, 0.5) is 0 Å². The van der Waals surface area contributed by atoms with E-state index < -0.39 is 0 Å². The van der Waals surface area contributed by atoms with E-state index in [1.165, 1.54) is 64.6 Å². The predicted octanol–water partition coefficient (Wildman–Crippen LogP) is 4.68. The molecule has 1 saturated heterocycles. The Labute approximate surface area is 123 Å². The fraction of sp³-hybridized carbons (Fsp3) is 1.00. The van der Waals surface area contributed by atoms with E-state index >= 15 is 0 Å². The molecule has 0 aliphatic carbocycles. The summed E-state index contributed by atoms with van der Waals surface area (Å²) >= 11 is 0. The second-order valence-electron chi connectivity index (χ2n) is 5.08. The second kappa shape index (κ2) is 17.9. The summed E-state index contributed by atoms with van der Waals surface area (Å²) in [6.07, 6.45) is 9.52. The van der Waals surface area contributed by atoms with Crippen LogP contribution in [0.5, 0.6) is 0 Å². The number of nitrogens with zero attached hydrogens (tertiary/aromatic N) is 1. The van der Waals surface area contributed by atoms with Gasteiger partial charge in [0.1, 0.15) is 0 Å². The quantitative estimate of drug-likeness (QED) is 0.682. The Kier molecular flexibility index (Phi) is 20.0. The molecule has 2 nitrogen and oxygen atoms in total. The summed E-state index contributed by atoms with van der Waals surface area (Å²) < 4.78 is 0. The van der Waals surface area contributed by atoms with Crippen molar-refractivity contribution in [3.8, 4) is 0 Å². The molecule has 1 fully saturated rings. The smallest absolute Gasteiger partial charge is 0.00162 e. The normalized spacial score (nSPS) is 16.1. The van der Waals surface area contributed by atoms with Gasteiger partial charge in [-0.1, -0.05) is 53.9 Å². The largest absolute Gasteiger partial charge is 0.330 e. The summed E-state index contributed by atoms with van der Waals surface area (Å²) in [6, 6.07) is 0. The van der Waals surface area contributed by atoms with Gasteiger partial charge in [0.05, 0.1) is 0 Å². The Bertz CT molecular complexity index is 140. The Hall–Kier alpha value is -0.0800. The van der Waals surface area contributed by atoms with Crippen LogP contribution in [0.25, 0.3) is 0 Å². The highest BCUT2D eigenvalue weighted by Crippen LogP contribution is 2.16. The maximum absolute atomic E-state index is 5.46. The second-order valence-corrected chi connectivity index (χ2v) is 5.08. The van der Waals surface area contributed by atoms with Gasteiger partial charge in [-0.05, 0) is 57.8 Å². The van der Waals surface area contributed by atoms with Crippen LogP contribution in [0.15, 0.2) is 0 Å². The van der Waals surface area contributed by atoms with E-state index in [1.807, 2.05) is 27.7 Å². The van der Waals surface area contributed by atoms with Crippen molar-refractivity contribution >= 4 is 0 Å². The van der Waals surface area contributed by atoms with Crippen LogP contribution in [0.1, 0.15) is 79.6 Å². The maximum atomic E-state index is 5.46. The SMILES string of the molecule is CC.CC.CC1CCN(CCCCCCCN)CC1. The van der Waals surface area contributed by atoms with E-state index in [0.29, 0.717) is 0 Å². The summed E-state index contributed by atoms with van der Waals surface area (Å²) in [5, 5.41) is 0. The first kappa shape index (κ1) is 21.2. The Morgan fingerprint density at radius 1 is 0.842 bits per heavy atom. The third-order valence-electron chi connectivity index (χ3n) is 3.55. The topological polar surface area (TPSA) is 29.3 Å². The third-order valence-corrected chi connectivity index (χ3v) is 3.55.